The van der Waals surface area contributed by atoms with E-state index in [0.29, 0.717) is 26.1 Å². The minimum atomic E-state index is 0.0268. The standard InChI is InChI=1S/C27H29N3O2/c1-20-16-21(2)18-23(17-20)32-15-14-30-25-11-7-6-10-24(25)29-26(30)19-28-27(31)13-12-22-8-4-3-5-9-22/h3-11,16-18H,12-15,19H2,1-2H3,(H,28,31). The molecule has 0 aliphatic rings. The molecule has 4 rings (SSSR count). The van der Waals surface area contributed by atoms with Gasteiger partial charge in [0, 0.05) is 6.42 Å². The highest BCUT2D eigenvalue weighted by molar-refractivity contribution is 5.77. The van der Waals surface area contributed by atoms with Crippen LogP contribution in [0.4, 0.5) is 0 Å². The number of aryl methyl sites for hydroxylation is 3. The molecule has 0 bridgehead atoms. The van der Waals surface area contributed by atoms with Crippen LogP contribution in [0.25, 0.3) is 11.0 Å². The quantitative estimate of drug-likeness (QED) is 0.410. The number of aromatic nitrogens is 2. The second-order valence-corrected chi connectivity index (χ2v) is 8.10. The number of imidazole rings is 1. The Kier molecular flexibility index (Phi) is 6.85. The van der Waals surface area contributed by atoms with E-state index in [0.717, 1.165) is 29.0 Å². The zero-order chi connectivity index (χ0) is 22.3. The largest absolute Gasteiger partial charge is 0.492 e. The fraction of sp³-hybridized carbons (Fsp3) is 0.259. The molecule has 4 aromatic rings. The Balaban J connectivity index is 1.40. The van der Waals surface area contributed by atoms with Crippen LogP contribution in [0.2, 0.25) is 0 Å². The third kappa shape index (κ3) is 5.55. The van der Waals surface area contributed by atoms with E-state index in [1.807, 2.05) is 60.7 Å². The maximum Gasteiger partial charge on any atom is 0.220 e. The first-order chi connectivity index (χ1) is 15.6. The maximum absolute atomic E-state index is 12.4. The van der Waals surface area contributed by atoms with Gasteiger partial charge in [-0.15, -0.1) is 0 Å². The Morgan fingerprint density at radius 2 is 1.69 bits per heavy atom. The molecule has 0 fully saturated rings. The van der Waals surface area contributed by atoms with Crippen LogP contribution in [-0.2, 0) is 24.3 Å². The van der Waals surface area contributed by atoms with Gasteiger partial charge in [-0.1, -0.05) is 48.5 Å². The summed E-state index contributed by atoms with van der Waals surface area (Å²) < 4.78 is 8.16. The first kappa shape index (κ1) is 21.6. The lowest BCUT2D eigenvalue weighted by molar-refractivity contribution is -0.121. The van der Waals surface area contributed by atoms with Gasteiger partial charge in [0.2, 0.25) is 5.91 Å². The van der Waals surface area contributed by atoms with E-state index >= 15 is 0 Å². The minimum absolute atomic E-state index is 0.0268. The number of hydrogen-bond donors (Lipinski definition) is 1. The molecule has 5 nitrogen and oxygen atoms in total. The van der Waals surface area contributed by atoms with Crippen LogP contribution in [0.5, 0.6) is 5.75 Å². The van der Waals surface area contributed by atoms with E-state index < -0.39 is 0 Å². The molecular formula is C27H29N3O2. The molecule has 1 aromatic heterocycles. The first-order valence-corrected chi connectivity index (χ1v) is 11.0. The number of ether oxygens (including phenoxy) is 1. The van der Waals surface area contributed by atoms with Gasteiger partial charge in [-0.05, 0) is 61.2 Å². The summed E-state index contributed by atoms with van der Waals surface area (Å²) in [4.78, 5) is 17.2. The predicted molar refractivity (Wildman–Crippen MR) is 128 cm³/mol. The topological polar surface area (TPSA) is 56.1 Å². The van der Waals surface area contributed by atoms with Gasteiger partial charge in [-0.2, -0.15) is 0 Å². The Bertz CT molecular complexity index is 1180. The molecule has 0 saturated heterocycles. The number of para-hydroxylation sites is 2. The molecule has 0 radical (unpaired) electrons. The van der Waals surface area contributed by atoms with E-state index in [9.17, 15) is 4.79 Å². The number of benzene rings is 3. The Labute approximate surface area is 189 Å². The number of fused-ring (bicyclic) bond motifs is 1. The molecule has 1 heterocycles. The molecular weight excluding hydrogens is 398 g/mol. The molecule has 0 saturated carbocycles. The average Bonchev–Trinajstić information content (AvgIpc) is 3.14. The summed E-state index contributed by atoms with van der Waals surface area (Å²) in [6.45, 7) is 5.72. The smallest absolute Gasteiger partial charge is 0.220 e. The third-order valence-corrected chi connectivity index (χ3v) is 5.44. The van der Waals surface area contributed by atoms with E-state index in [2.05, 4.69) is 35.9 Å². The van der Waals surface area contributed by atoms with E-state index in [4.69, 9.17) is 9.72 Å². The van der Waals surface area contributed by atoms with Gasteiger partial charge in [-0.3, -0.25) is 4.79 Å². The summed E-state index contributed by atoms with van der Waals surface area (Å²) in [7, 11) is 0. The van der Waals surface area contributed by atoms with Crippen molar-refractivity contribution in [1.82, 2.24) is 14.9 Å². The van der Waals surface area contributed by atoms with Crippen LogP contribution >= 0.6 is 0 Å². The van der Waals surface area contributed by atoms with Gasteiger partial charge >= 0.3 is 0 Å². The molecule has 0 atom stereocenters. The number of carbonyl (C=O) groups excluding carboxylic acids is 1. The van der Waals surface area contributed by atoms with Crippen molar-refractivity contribution >= 4 is 16.9 Å². The summed E-state index contributed by atoms with van der Waals surface area (Å²) in [6.07, 6.45) is 1.19. The second kappa shape index (κ2) is 10.1. The highest BCUT2D eigenvalue weighted by Gasteiger charge is 2.12. The second-order valence-electron chi connectivity index (χ2n) is 8.10. The number of carbonyl (C=O) groups is 1. The summed E-state index contributed by atoms with van der Waals surface area (Å²) in [5.74, 6) is 1.74. The lowest BCUT2D eigenvalue weighted by Crippen LogP contribution is -2.25. The highest BCUT2D eigenvalue weighted by Crippen LogP contribution is 2.18. The van der Waals surface area contributed by atoms with Crippen LogP contribution in [0.3, 0.4) is 0 Å². The van der Waals surface area contributed by atoms with Gasteiger partial charge in [0.25, 0.3) is 0 Å². The predicted octanol–water partition coefficient (Wildman–Crippen LogP) is 4.98. The van der Waals surface area contributed by atoms with Crippen LogP contribution in [0.1, 0.15) is 28.9 Å². The number of amides is 1. The van der Waals surface area contributed by atoms with Gasteiger partial charge < -0.3 is 14.6 Å². The summed E-state index contributed by atoms with van der Waals surface area (Å²) in [6, 6.07) is 24.3. The van der Waals surface area contributed by atoms with E-state index in [1.54, 1.807) is 0 Å². The zero-order valence-corrected chi connectivity index (χ0v) is 18.7. The Morgan fingerprint density at radius 3 is 2.47 bits per heavy atom. The zero-order valence-electron chi connectivity index (χ0n) is 18.7. The van der Waals surface area contributed by atoms with Crippen molar-refractivity contribution in [2.45, 2.75) is 39.8 Å². The van der Waals surface area contributed by atoms with Gasteiger partial charge in [0.05, 0.1) is 24.1 Å². The summed E-state index contributed by atoms with van der Waals surface area (Å²) >= 11 is 0. The lowest BCUT2D eigenvalue weighted by atomic mass is 10.1. The fourth-order valence-electron chi connectivity index (χ4n) is 3.95. The van der Waals surface area contributed by atoms with Crippen molar-refractivity contribution < 1.29 is 9.53 Å². The Morgan fingerprint density at radius 1 is 0.969 bits per heavy atom. The van der Waals surface area contributed by atoms with Crippen molar-refractivity contribution in [3.8, 4) is 5.75 Å². The molecule has 0 spiro atoms. The molecule has 3 aromatic carbocycles. The van der Waals surface area contributed by atoms with Crippen molar-refractivity contribution in [2.24, 2.45) is 0 Å². The Hall–Kier alpha value is -3.60. The van der Waals surface area contributed by atoms with Gasteiger partial charge in [-0.25, -0.2) is 4.98 Å². The van der Waals surface area contributed by atoms with Crippen LogP contribution in [-0.4, -0.2) is 22.1 Å². The molecule has 0 aliphatic carbocycles. The van der Waals surface area contributed by atoms with E-state index in [1.165, 1.54) is 16.7 Å². The summed E-state index contributed by atoms with van der Waals surface area (Å²) in [5.41, 5.74) is 5.51. The van der Waals surface area contributed by atoms with Crippen LogP contribution in [0, 0.1) is 13.8 Å². The van der Waals surface area contributed by atoms with Crippen molar-refractivity contribution in [2.75, 3.05) is 6.61 Å². The number of nitrogens with one attached hydrogen (secondary N) is 1. The normalized spacial score (nSPS) is 10.9. The van der Waals surface area contributed by atoms with Crippen molar-refractivity contribution in [3.05, 3.63) is 95.3 Å². The molecule has 1 N–H and O–H groups in total. The minimum Gasteiger partial charge on any atom is -0.492 e. The maximum atomic E-state index is 12.4. The van der Waals surface area contributed by atoms with Crippen LogP contribution < -0.4 is 10.1 Å². The number of hydrogen-bond acceptors (Lipinski definition) is 3. The molecule has 1 amide bonds. The highest BCUT2D eigenvalue weighted by atomic mass is 16.5. The SMILES string of the molecule is Cc1cc(C)cc(OCCn2c(CNC(=O)CCc3ccccc3)nc3ccccc32)c1. The summed E-state index contributed by atoms with van der Waals surface area (Å²) in [5, 5.41) is 3.03. The van der Waals surface area contributed by atoms with Crippen molar-refractivity contribution in [3.63, 3.8) is 0 Å². The molecule has 164 valence electrons. The molecule has 32 heavy (non-hydrogen) atoms. The van der Waals surface area contributed by atoms with E-state index in [-0.39, 0.29) is 5.91 Å². The number of rotatable bonds is 9. The van der Waals surface area contributed by atoms with Gasteiger partial charge in [0.15, 0.2) is 0 Å². The molecule has 0 unspecified atom stereocenters. The van der Waals surface area contributed by atoms with Crippen molar-refractivity contribution in [1.29, 1.82) is 0 Å². The van der Waals surface area contributed by atoms with Crippen LogP contribution in [0.15, 0.2) is 72.8 Å². The van der Waals surface area contributed by atoms with Gasteiger partial charge in [0.1, 0.15) is 18.2 Å². The monoisotopic (exact) mass is 427 g/mol. The lowest BCUT2D eigenvalue weighted by Gasteiger charge is -2.12. The molecule has 5 heteroatoms. The third-order valence-electron chi connectivity index (χ3n) is 5.44. The molecule has 0 aliphatic heterocycles. The fourth-order valence-corrected chi connectivity index (χ4v) is 3.95. The first-order valence-electron chi connectivity index (χ1n) is 11.0. The average molecular weight is 428 g/mol. The number of nitrogens with zero attached hydrogens (tertiary/aromatic N) is 2.